The molecule has 2 N–H and O–H groups in total. The molecular weight excluding hydrogens is 236 g/mol. The third kappa shape index (κ3) is 1.99. The van der Waals surface area contributed by atoms with Gasteiger partial charge in [0, 0.05) is 10.6 Å². The van der Waals surface area contributed by atoms with Crippen molar-refractivity contribution in [2.75, 3.05) is 7.11 Å². The molecule has 1 aliphatic rings. The molecule has 0 heterocycles. The van der Waals surface area contributed by atoms with Crippen molar-refractivity contribution in [2.45, 2.75) is 25.3 Å². The van der Waals surface area contributed by atoms with Crippen LogP contribution in [0.4, 0.5) is 0 Å². The highest BCUT2D eigenvalue weighted by Gasteiger charge is 2.44. The molecule has 3 nitrogen and oxygen atoms in total. The third-order valence-electron chi connectivity index (χ3n) is 3.59. The first-order valence-electron chi connectivity index (χ1n) is 5.63. The van der Waals surface area contributed by atoms with Gasteiger partial charge in [-0.1, -0.05) is 18.0 Å². The number of hydrogen-bond acceptors (Lipinski definition) is 3. The van der Waals surface area contributed by atoms with Gasteiger partial charge in [0.2, 0.25) is 0 Å². The van der Waals surface area contributed by atoms with E-state index in [0.717, 1.165) is 24.8 Å². The molecule has 1 unspecified atom stereocenters. The minimum atomic E-state index is -0.446. The SMILES string of the molecule is COc1ccc(Cl)cc1C(N)C1(C#N)CCC1. The van der Waals surface area contributed by atoms with Crippen LogP contribution in [0.2, 0.25) is 5.02 Å². The minimum absolute atomic E-state index is 0.338. The van der Waals surface area contributed by atoms with Gasteiger partial charge in [0.05, 0.1) is 24.6 Å². The number of halogens is 1. The summed E-state index contributed by atoms with van der Waals surface area (Å²) in [5.74, 6) is 0.698. The first-order chi connectivity index (χ1) is 8.13. The Labute approximate surface area is 106 Å². The zero-order valence-electron chi connectivity index (χ0n) is 9.74. The summed E-state index contributed by atoms with van der Waals surface area (Å²) in [5.41, 5.74) is 6.60. The van der Waals surface area contributed by atoms with Gasteiger partial charge in [0.1, 0.15) is 5.75 Å². The van der Waals surface area contributed by atoms with E-state index in [9.17, 15) is 5.26 Å². The van der Waals surface area contributed by atoms with Gasteiger partial charge in [0.15, 0.2) is 0 Å². The number of nitrogens with two attached hydrogens (primary N) is 1. The van der Waals surface area contributed by atoms with Crippen molar-refractivity contribution in [3.63, 3.8) is 0 Å². The molecule has 0 spiro atoms. The molecule has 0 aromatic heterocycles. The van der Waals surface area contributed by atoms with E-state index in [-0.39, 0.29) is 6.04 Å². The molecule has 4 heteroatoms. The van der Waals surface area contributed by atoms with Crippen molar-refractivity contribution in [3.05, 3.63) is 28.8 Å². The van der Waals surface area contributed by atoms with Crippen LogP contribution >= 0.6 is 11.6 Å². The summed E-state index contributed by atoms with van der Waals surface area (Å²) < 4.78 is 5.28. The van der Waals surface area contributed by atoms with Crippen molar-refractivity contribution in [1.29, 1.82) is 5.26 Å². The molecule has 1 atom stereocenters. The summed E-state index contributed by atoms with van der Waals surface area (Å²) in [6, 6.07) is 7.37. The van der Waals surface area contributed by atoms with E-state index in [0.29, 0.717) is 10.8 Å². The molecule has 17 heavy (non-hydrogen) atoms. The average Bonchev–Trinajstić information content (AvgIpc) is 2.28. The van der Waals surface area contributed by atoms with Gasteiger partial charge in [-0.2, -0.15) is 5.26 Å². The number of benzene rings is 1. The lowest BCUT2D eigenvalue weighted by Crippen LogP contribution is -2.39. The Kier molecular flexibility index (Phi) is 3.28. The standard InChI is InChI=1S/C13H15ClN2O/c1-17-11-4-3-9(14)7-10(11)12(16)13(8-15)5-2-6-13/h3-4,7,12H,2,5-6,16H2,1H3. The Hall–Kier alpha value is -1.24. The number of nitriles is 1. The van der Waals surface area contributed by atoms with E-state index in [4.69, 9.17) is 22.1 Å². The number of rotatable bonds is 3. The monoisotopic (exact) mass is 250 g/mol. The average molecular weight is 251 g/mol. The molecule has 1 saturated carbocycles. The minimum Gasteiger partial charge on any atom is -0.496 e. The highest BCUT2D eigenvalue weighted by molar-refractivity contribution is 6.30. The van der Waals surface area contributed by atoms with Gasteiger partial charge in [0.25, 0.3) is 0 Å². The fourth-order valence-corrected chi connectivity index (χ4v) is 2.48. The highest BCUT2D eigenvalue weighted by atomic mass is 35.5. The van der Waals surface area contributed by atoms with Gasteiger partial charge >= 0.3 is 0 Å². The summed E-state index contributed by atoms with van der Waals surface area (Å²) in [6.07, 6.45) is 2.75. The van der Waals surface area contributed by atoms with Crippen LogP contribution in [0.5, 0.6) is 5.75 Å². The van der Waals surface area contributed by atoms with Crippen molar-refractivity contribution >= 4 is 11.6 Å². The summed E-state index contributed by atoms with van der Waals surface area (Å²) in [6.45, 7) is 0. The maximum Gasteiger partial charge on any atom is 0.123 e. The first kappa shape index (κ1) is 12.2. The topological polar surface area (TPSA) is 59.0 Å². The second kappa shape index (κ2) is 4.56. The van der Waals surface area contributed by atoms with E-state index in [1.165, 1.54) is 0 Å². The summed E-state index contributed by atoms with van der Waals surface area (Å²) in [7, 11) is 1.60. The molecule has 90 valence electrons. The number of hydrogen-bond donors (Lipinski definition) is 1. The van der Waals surface area contributed by atoms with E-state index < -0.39 is 5.41 Å². The summed E-state index contributed by atoms with van der Waals surface area (Å²) >= 11 is 5.98. The second-order valence-corrected chi connectivity index (χ2v) is 4.92. The normalized spacial score (nSPS) is 18.9. The van der Waals surface area contributed by atoms with Crippen molar-refractivity contribution < 1.29 is 4.74 Å². The summed E-state index contributed by atoms with van der Waals surface area (Å²) in [4.78, 5) is 0. The lowest BCUT2D eigenvalue weighted by molar-refractivity contribution is 0.166. The molecule has 0 radical (unpaired) electrons. The number of nitrogens with zero attached hydrogens (tertiary/aromatic N) is 1. The van der Waals surface area contributed by atoms with Crippen LogP contribution < -0.4 is 10.5 Å². The molecule has 2 rings (SSSR count). The van der Waals surface area contributed by atoms with E-state index in [1.54, 1.807) is 25.3 Å². The van der Waals surface area contributed by atoms with E-state index in [1.807, 2.05) is 0 Å². The van der Waals surface area contributed by atoms with Crippen LogP contribution in [0.15, 0.2) is 18.2 Å². The zero-order valence-corrected chi connectivity index (χ0v) is 10.5. The van der Waals surface area contributed by atoms with Crippen LogP contribution in [0.3, 0.4) is 0 Å². The van der Waals surface area contributed by atoms with Crippen molar-refractivity contribution in [2.24, 2.45) is 11.1 Å². The Morgan fingerprint density at radius 3 is 2.71 bits per heavy atom. The lowest BCUT2D eigenvalue weighted by atomic mass is 9.63. The first-order valence-corrected chi connectivity index (χ1v) is 6.01. The van der Waals surface area contributed by atoms with Gasteiger partial charge in [-0.3, -0.25) is 0 Å². The highest BCUT2D eigenvalue weighted by Crippen LogP contribution is 2.50. The van der Waals surface area contributed by atoms with Gasteiger partial charge in [-0.05, 0) is 31.0 Å². The second-order valence-electron chi connectivity index (χ2n) is 4.49. The third-order valence-corrected chi connectivity index (χ3v) is 3.83. The van der Waals surface area contributed by atoms with Crippen LogP contribution in [0.1, 0.15) is 30.9 Å². The van der Waals surface area contributed by atoms with E-state index >= 15 is 0 Å². The largest absolute Gasteiger partial charge is 0.496 e. The van der Waals surface area contributed by atoms with Crippen LogP contribution in [-0.2, 0) is 0 Å². The molecule has 1 aromatic rings. The number of ether oxygens (including phenoxy) is 1. The molecule has 0 saturated heterocycles. The number of methoxy groups -OCH3 is 1. The molecule has 0 bridgehead atoms. The fourth-order valence-electron chi connectivity index (χ4n) is 2.30. The maximum absolute atomic E-state index is 9.30. The quantitative estimate of drug-likeness (QED) is 0.897. The predicted molar refractivity (Wildman–Crippen MR) is 66.8 cm³/mol. The van der Waals surface area contributed by atoms with Crippen molar-refractivity contribution in [1.82, 2.24) is 0 Å². The lowest BCUT2D eigenvalue weighted by Gasteiger charge is -2.40. The van der Waals surface area contributed by atoms with Gasteiger partial charge in [-0.25, -0.2) is 0 Å². The molecule has 1 aromatic carbocycles. The van der Waals surface area contributed by atoms with Crippen molar-refractivity contribution in [3.8, 4) is 11.8 Å². The van der Waals surface area contributed by atoms with Gasteiger partial charge < -0.3 is 10.5 Å². The summed E-state index contributed by atoms with van der Waals surface area (Å²) in [5, 5.41) is 9.91. The fraction of sp³-hybridized carbons (Fsp3) is 0.462. The zero-order chi connectivity index (χ0) is 12.5. The van der Waals surface area contributed by atoms with Crippen LogP contribution in [0.25, 0.3) is 0 Å². The molecule has 1 aliphatic carbocycles. The Balaban J connectivity index is 2.39. The molecule has 0 aliphatic heterocycles. The predicted octanol–water partition coefficient (Wildman–Crippen LogP) is 3.04. The molecule has 0 amide bonds. The van der Waals surface area contributed by atoms with Crippen LogP contribution in [-0.4, -0.2) is 7.11 Å². The Morgan fingerprint density at radius 2 is 2.24 bits per heavy atom. The molecular formula is C13H15ClN2O. The Morgan fingerprint density at radius 1 is 1.53 bits per heavy atom. The Bertz CT molecular complexity index is 463. The van der Waals surface area contributed by atoms with E-state index in [2.05, 4.69) is 6.07 Å². The molecule has 1 fully saturated rings. The smallest absolute Gasteiger partial charge is 0.123 e. The maximum atomic E-state index is 9.30. The van der Waals surface area contributed by atoms with Gasteiger partial charge in [-0.15, -0.1) is 0 Å². The van der Waals surface area contributed by atoms with Crippen LogP contribution in [0, 0.1) is 16.7 Å².